The number of fused-ring (bicyclic) bond motifs is 1. The predicted octanol–water partition coefficient (Wildman–Crippen LogP) is 3.84. The third-order valence-corrected chi connectivity index (χ3v) is 3.61. The monoisotopic (exact) mass is 305 g/mol. The number of nitrogens with zero attached hydrogens (tertiary/aromatic N) is 1. The van der Waals surface area contributed by atoms with E-state index in [1.807, 2.05) is 0 Å². The van der Waals surface area contributed by atoms with Crippen molar-refractivity contribution in [3.05, 3.63) is 69.9 Å². The number of benzene rings is 2. The Morgan fingerprint density at radius 2 is 1.73 bits per heavy atom. The SMILES string of the molecule is Cc1ccccc1C1=[N+]([O-])c2ccc(C(F)(F)F)cc2C1=O. The third kappa shape index (κ3) is 2.07. The van der Waals surface area contributed by atoms with Crippen LogP contribution in [-0.4, -0.2) is 16.2 Å². The molecule has 112 valence electrons. The molecule has 0 atom stereocenters. The van der Waals surface area contributed by atoms with Crippen molar-refractivity contribution in [1.29, 1.82) is 0 Å². The van der Waals surface area contributed by atoms with Crippen molar-refractivity contribution in [2.45, 2.75) is 13.1 Å². The minimum Gasteiger partial charge on any atom is -0.618 e. The molecular formula is C16H10F3NO2. The summed E-state index contributed by atoms with van der Waals surface area (Å²) in [7, 11) is 0. The summed E-state index contributed by atoms with van der Waals surface area (Å²) in [5, 5.41) is 12.3. The van der Waals surface area contributed by atoms with Gasteiger partial charge in [-0.15, -0.1) is 0 Å². The lowest BCUT2D eigenvalue weighted by Gasteiger charge is -2.07. The highest BCUT2D eigenvalue weighted by Gasteiger charge is 2.40. The predicted molar refractivity (Wildman–Crippen MR) is 74.3 cm³/mol. The van der Waals surface area contributed by atoms with E-state index < -0.39 is 17.5 Å². The molecule has 6 heteroatoms. The summed E-state index contributed by atoms with van der Waals surface area (Å²) < 4.78 is 38.7. The largest absolute Gasteiger partial charge is 0.618 e. The Morgan fingerprint density at radius 3 is 2.36 bits per heavy atom. The minimum absolute atomic E-state index is 0.0590. The molecule has 3 rings (SSSR count). The van der Waals surface area contributed by atoms with Crippen LogP contribution in [0, 0.1) is 12.1 Å². The number of Topliss-reactive ketones (excluding diaryl/α,β-unsaturated/α-hetero) is 1. The molecule has 0 N–H and O–H groups in total. The second-order valence-electron chi connectivity index (χ2n) is 5.02. The molecule has 0 radical (unpaired) electrons. The molecule has 2 aromatic rings. The van der Waals surface area contributed by atoms with Crippen LogP contribution in [0.4, 0.5) is 18.9 Å². The van der Waals surface area contributed by atoms with Gasteiger partial charge in [-0.3, -0.25) is 4.79 Å². The standard InChI is InChI=1S/C16H10F3NO2/c1-9-4-2-3-5-11(9)14-15(21)12-8-10(16(17,18)19)6-7-13(12)20(14)22/h2-8H,1H3. The summed E-state index contributed by atoms with van der Waals surface area (Å²) in [6.07, 6.45) is -4.56. The number of carbonyl (C=O) groups excluding carboxylic acids is 1. The maximum absolute atomic E-state index is 12.8. The van der Waals surface area contributed by atoms with Crippen LogP contribution in [0.15, 0.2) is 42.5 Å². The zero-order valence-corrected chi connectivity index (χ0v) is 11.4. The average molecular weight is 305 g/mol. The van der Waals surface area contributed by atoms with E-state index >= 15 is 0 Å². The van der Waals surface area contributed by atoms with Crippen molar-refractivity contribution >= 4 is 17.2 Å². The van der Waals surface area contributed by atoms with Gasteiger partial charge in [-0.1, -0.05) is 18.2 Å². The molecule has 3 nitrogen and oxygen atoms in total. The quantitative estimate of drug-likeness (QED) is 0.593. The summed E-state index contributed by atoms with van der Waals surface area (Å²) in [6, 6.07) is 9.32. The Hall–Kier alpha value is -2.63. The van der Waals surface area contributed by atoms with E-state index in [0.717, 1.165) is 18.2 Å². The lowest BCUT2D eigenvalue weighted by molar-refractivity contribution is -0.355. The zero-order valence-electron chi connectivity index (χ0n) is 11.4. The third-order valence-electron chi connectivity index (χ3n) is 3.61. The first kappa shape index (κ1) is 14.3. The van der Waals surface area contributed by atoms with Crippen molar-refractivity contribution in [2.75, 3.05) is 0 Å². The molecule has 1 heterocycles. The number of rotatable bonds is 1. The van der Waals surface area contributed by atoms with Crippen LogP contribution in [0.1, 0.15) is 27.0 Å². The van der Waals surface area contributed by atoms with Crippen LogP contribution in [0.2, 0.25) is 0 Å². The van der Waals surface area contributed by atoms with Gasteiger partial charge < -0.3 is 5.21 Å². The van der Waals surface area contributed by atoms with Gasteiger partial charge in [0.25, 0.3) is 11.5 Å². The van der Waals surface area contributed by atoms with E-state index in [2.05, 4.69) is 0 Å². The molecule has 0 amide bonds. The molecule has 0 spiro atoms. The second kappa shape index (κ2) is 4.69. The van der Waals surface area contributed by atoms with Gasteiger partial charge in [-0.05, 0) is 30.7 Å². The van der Waals surface area contributed by atoms with E-state index in [9.17, 15) is 23.2 Å². The molecule has 0 aliphatic carbocycles. The Balaban J connectivity index is 2.16. The summed E-state index contributed by atoms with van der Waals surface area (Å²) in [4.78, 5) is 12.4. The van der Waals surface area contributed by atoms with Gasteiger partial charge in [0.05, 0.1) is 11.1 Å². The van der Waals surface area contributed by atoms with Crippen molar-refractivity contribution in [3.8, 4) is 0 Å². The first-order chi connectivity index (χ1) is 10.3. The number of halogens is 3. The van der Waals surface area contributed by atoms with Crippen molar-refractivity contribution in [3.63, 3.8) is 0 Å². The van der Waals surface area contributed by atoms with Crippen molar-refractivity contribution < 1.29 is 22.7 Å². The van der Waals surface area contributed by atoms with Gasteiger partial charge in [0.15, 0.2) is 0 Å². The van der Waals surface area contributed by atoms with Crippen LogP contribution < -0.4 is 0 Å². The lowest BCUT2D eigenvalue weighted by Crippen LogP contribution is -2.17. The van der Waals surface area contributed by atoms with Gasteiger partial charge in [0.1, 0.15) is 5.56 Å². The van der Waals surface area contributed by atoms with E-state index in [1.54, 1.807) is 31.2 Å². The molecule has 0 aromatic heterocycles. The zero-order chi connectivity index (χ0) is 16.1. The van der Waals surface area contributed by atoms with Crippen LogP contribution in [-0.2, 0) is 6.18 Å². The lowest BCUT2D eigenvalue weighted by atomic mass is 9.98. The number of hydrogen-bond donors (Lipinski definition) is 0. The molecule has 22 heavy (non-hydrogen) atoms. The maximum Gasteiger partial charge on any atom is 0.416 e. The summed E-state index contributed by atoms with van der Waals surface area (Å²) in [5.41, 5.74) is -0.242. The Labute approximate surface area is 123 Å². The van der Waals surface area contributed by atoms with Crippen LogP contribution in [0.3, 0.4) is 0 Å². The average Bonchev–Trinajstić information content (AvgIpc) is 2.71. The molecule has 0 bridgehead atoms. The topological polar surface area (TPSA) is 43.1 Å². The molecule has 2 aromatic carbocycles. The van der Waals surface area contributed by atoms with Gasteiger partial charge in [0, 0.05) is 6.07 Å². The Kier molecular flexibility index (Phi) is 3.05. The number of ketones is 1. The first-order valence-electron chi connectivity index (χ1n) is 6.47. The summed E-state index contributed by atoms with van der Waals surface area (Å²) >= 11 is 0. The van der Waals surface area contributed by atoms with Crippen LogP contribution >= 0.6 is 0 Å². The molecular weight excluding hydrogens is 295 g/mol. The van der Waals surface area contributed by atoms with E-state index in [-0.39, 0.29) is 17.0 Å². The summed E-state index contributed by atoms with van der Waals surface area (Å²) in [6.45, 7) is 1.73. The minimum atomic E-state index is -4.56. The molecule has 0 unspecified atom stereocenters. The van der Waals surface area contributed by atoms with E-state index in [0.29, 0.717) is 15.9 Å². The first-order valence-corrected chi connectivity index (χ1v) is 6.47. The fourth-order valence-corrected chi connectivity index (χ4v) is 2.48. The number of alkyl halides is 3. The smallest absolute Gasteiger partial charge is 0.416 e. The number of hydrogen-bond acceptors (Lipinski definition) is 2. The van der Waals surface area contributed by atoms with Crippen LogP contribution in [0.25, 0.3) is 0 Å². The molecule has 1 aliphatic rings. The Morgan fingerprint density at radius 1 is 1.05 bits per heavy atom. The van der Waals surface area contributed by atoms with Gasteiger partial charge in [-0.2, -0.15) is 17.9 Å². The second-order valence-corrected chi connectivity index (χ2v) is 5.02. The van der Waals surface area contributed by atoms with Crippen molar-refractivity contribution in [1.82, 2.24) is 0 Å². The van der Waals surface area contributed by atoms with Gasteiger partial charge in [-0.25, -0.2) is 0 Å². The number of aryl methyl sites for hydroxylation is 1. The van der Waals surface area contributed by atoms with Gasteiger partial charge >= 0.3 is 6.18 Å². The van der Waals surface area contributed by atoms with Crippen LogP contribution in [0.5, 0.6) is 0 Å². The molecule has 1 aliphatic heterocycles. The summed E-state index contributed by atoms with van der Waals surface area (Å²) in [5.74, 6) is -0.689. The molecule has 0 fully saturated rings. The van der Waals surface area contributed by atoms with Gasteiger partial charge in [0.2, 0.25) is 5.69 Å². The molecule has 0 saturated carbocycles. The highest BCUT2D eigenvalue weighted by molar-refractivity contribution is 6.52. The van der Waals surface area contributed by atoms with E-state index in [4.69, 9.17) is 0 Å². The normalized spacial score (nSPS) is 14.5. The fourth-order valence-electron chi connectivity index (χ4n) is 2.48. The maximum atomic E-state index is 12.8. The van der Waals surface area contributed by atoms with Crippen molar-refractivity contribution in [2.24, 2.45) is 0 Å². The number of carbonyl (C=O) groups is 1. The fraction of sp³-hybridized carbons (Fsp3) is 0.125. The van der Waals surface area contributed by atoms with E-state index in [1.165, 1.54) is 0 Å². The highest BCUT2D eigenvalue weighted by Crippen LogP contribution is 2.35. The Bertz CT molecular complexity index is 822. The highest BCUT2D eigenvalue weighted by atomic mass is 19.4. The molecule has 0 saturated heterocycles.